The minimum atomic E-state index is 0. The summed E-state index contributed by atoms with van der Waals surface area (Å²) in [5.41, 5.74) is 2.43. The van der Waals surface area contributed by atoms with E-state index >= 15 is 0 Å². The van der Waals surface area contributed by atoms with Crippen molar-refractivity contribution in [1.82, 2.24) is 4.57 Å². The molecule has 0 saturated carbocycles. The quantitative estimate of drug-likeness (QED) is 0.413. The predicted octanol–water partition coefficient (Wildman–Crippen LogP) is -0.577. The van der Waals surface area contributed by atoms with Crippen LogP contribution in [0.5, 0.6) is 0 Å². The van der Waals surface area contributed by atoms with E-state index in [1.165, 1.54) is 11.0 Å². The number of fused-ring (bicyclic) bond motifs is 1. The minimum absolute atomic E-state index is 0. The Hall–Kier alpha value is -1.60. The zero-order valence-corrected chi connectivity index (χ0v) is 11.8. The van der Waals surface area contributed by atoms with Crippen molar-refractivity contribution < 1.29 is 21.5 Å². The van der Waals surface area contributed by atoms with Crippen molar-refractivity contribution in [3.63, 3.8) is 0 Å². The molecule has 94 valence electrons. The van der Waals surface area contributed by atoms with Gasteiger partial charge in [-0.2, -0.15) is 5.26 Å². The molecule has 0 radical (unpaired) electrons. The largest absolute Gasteiger partial charge is 1.00 e. The first-order valence-corrected chi connectivity index (χ1v) is 5.82. The Morgan fingerprint density at radius 2 is 2.17 bits per heavy atom. The zero-order valence-electron chi connectivity index (χ0n) is 10.2. The molecule has 0 amide bonds. The molecule has 1 heterocycles. The molecule has 0 atom stereocenters. The van der Waals surface area contributed by atoms with E-state index in [1.54, 1.807) is 0 Å². The van der Waals surface area contributed by atoms with E-state index < -0.39 is 0 Å². The number of rotatable bonds is 5. The topological polar surface area (TPSA) is 32.6 Å². The SMILES string of the molecule is C=CCn1c[n+](CCCC#N)c2ccccc21.[Br-]. The van der Waals surface area contributed by atoms with E-state index in [1.807, 2.05) is 18.2 Å². The van der Waals surface area contributed by atoms with Gasteiger partial charge in [0.2, 0.25) is 6.33 Å². The fourth-order valence-corrected chi connectivity index (χ4v) is 2.03. The number of aromatic nitrogens is 2. The summed E-state index contributed by atoms with van der Waals surface area (Å²) in [5, 5.41) is 8.57. The van der Waals surface area contributed by atoms with Crippen LogP contribution in [0, 0.1) is 11.3 Å². The third-order valence-corrected chi connectivity index (χ3v) is 2.79. The Labute approximate surface area is 118 Å². The van der Waals surface area contributed by atoms with Crippen LogP contribution in [0.3, 0.4) is 0 Å². The summed E-state index contributed by atoms with van der Waals surface area (Å²) >= 11 is 0. The average molecular weight is 306 g/mol. The lowest BCUT2D eigenvalue weighted by Gasteiger charge is -1.93. The van der Waals surface area contributed by atoms with Gasteiger partial charge >= 0.3 is 0 Å². The molecule has 0 bridgehead atoms. The highest BCUT2D eigenvalue weighted by molar-refractivity contribution is 5.71. The lowest BCUT2D eigenvalue weighted by molar-refractivity contribution is -0.672. The fourth-order valence-electron chi connectivity index (χ4n) is 2.03. The summed E-state index contributed by atoms with van der Waals surface area (Å²) in [6.45, 7) is 5.47. The lowest BCUT2D eigenvalue weighted by atomic mass is 10.3. The number of nitrogens with zero attached hydrogens (tertiary/aromatic N) is 3. The van der Waals surface area contributed by atoms with Crippen LogP contribution >= 0.6 is 0 Å². The maximum Gasteiger partial charge on any atom is 0.245 e. The number of imidazole rings is 1. The van der Waals surface area contributed by atoms with Gasteiger partial charge in [-0.05, 0) is 18.6 Å². The molecule has 0 N–H and O–H groups in total. The number of benzene rings is 1. The molecule has 1 aromatic carbocycles. The van der Waals surface area contributed by atoms with E-state index in [9.17, 15) is 0 Å². The van der Waals surface area contributed by atoms with Crippen molar-refractivity contribution in [3.05, 3.63) is 43.2 Å². The smallest absolute Gasteiger partial charge is 0.245 e. The molecule has 0 saturated heterocycles. The summed E-state index contributed by atoms with van der Waals surface area (Å²) in [4.78, 5) is 0. The summed E-state index contributed by atoms with van der Waals surface area (Å²) in [6.07, 6.45) is 5.49. The Kier molecular flexibility index (Phi) is 5.60. The van der Waals surface area contributed by atoms with Gasteiger partial charge in [0.1, 0.15) is 6.54 Å². The molecular weight excluding hydrogens is 290 g/mol. The Bertz CT molecular complexity index is 566. The number of hydrogen-bond donors (Lipinski definition) is 0. The molecule has 0 unspecified atom stereocenters. The molecule has 0 aliphatic heterocycles. The van der Waals surface area contributed by atoms with Crippen molar-refractivity contribution >= 4 is 11.0 Å². The van der Waals surface area contributed by atoms with Gasteiger partial charge in [0.05, 0.1) is 12.6 Å². The summed E-state index contributed by atoms with van der Waals surface area (Å²) in [6, 6.07) is 10.5. The van der Waals surface area contributed by atoms with Crippen molar-refractivity contribution in [3.8, 4) is 6.07 Å². The molecular formula is C14H16BrN3. The summed E-state index contributed by atoms with van der Waals surface area (Å²) < 4.78 is 4.38. The fraction of sp³-hybridized carbons (Fsp3) is 0.286. The molecule has 0 aliphatic carbocycles. The van der Waals surface area contributed by atoms with Gasteiger partial charge in [0, 0.05) is 6.42 Å². The first-order chi connectivity index (χ1) is 8.36. The molecule has 2 aromatic rings. The lowest BCUT2D eigenvalue weighted by Crippen LogP contribution is -3.00. The second kappa shape index (κ2) is 6.97. The van der Waals surface area contributed by atoms with Gasteiger partial charge < -0.3 is 17.0 Å². The normalized spacial score (nSPS) is 9.72. The molecule has 2 rings (SSSR count). The van der Waals surface area contributed by atoms with Crippen LogP contribution in [0.25, 0.3) is 11.0 Å². The highest BCUT2D eigenvalue weighted by Gasteiger charge is 2.13. The number of halogens is 1. The third-order valence-electron chi connectivity index (χ3n) is 2.79. The zero-order chi connectivity index (χ0) is 12.1. The predicted molar refractivity (Wildman–Crippen MR) is 67.2 cm³/mol. The molecule has 1 aromatic heterocycles. The molecule has 3 nitrogen and oxygen atoms in total. The molecule has 0 aliphatic rings. The maximum absolute atomic E-state index is 8.57. The van der Waals surface area contributed by atoms with Gasteiger partial charge in [0.15, 0.2) is 11.0 Å². The average Bonchev–Trinajstić information content (AvgIpc) is 2.70. The molecule has 18 heavy (non-hydrogen) atoms. The summed E-state index contributed by atoms with van der Waals surface area (Å²) in [5.74, 6) is 0. The van der Waals surface area contributed by atoms with Crippen molar-refractivity contribution in [2.24, 2.45) is 0 Å². The van der Waals surface area contributed by atoms with Crippen LogP contribution in [0.2, 0.25) is 0 Å². The van der Waals surface area contributed by atoms with E-state index in [-0.39, 0.29) is 17.0 Å². The van der Waals surface area contributed by atoms with Gasteiger partial charge in [-0.1, -0.05) is 24.8 Å². The van der Waals surface area contributed by atoms with Crippen molar-refractivity contribution in [2.45, 2.75) is 25.9 Å². The van der Waals surface area contributed by atoms with Gasteiger partial charge in [-0.3, -0.25) is 0 Å². The van der Waals surface area contributed by atoms with Crippen molar-refractivity contribution in [1.29, 1.82) is 5.26 Å². The van der Waals surface area contributed by atoms with Gasteiger partial charge in [0.25, 0.3) is 0 Å². The van der Waals surface area contributed by atoms with Crippen LogP contribution in [0.15, 0.2) is 43.2 Å². The summed E-state index contributed by atoms with van der Waals surface area (Å²) in [7, 11) is 0. The number of nitriles is 1. The first-order valence-electron chi connectivity index (χ1n) is 5.82. The van der Waals surface area contributed by atoms with E-state index in [0.29, 0.717) is 6.42 Å². The second-order valence-corrected chi connectivity index (χ2v) is 4.00. The molecule has 0 fully saturated rings. The minimum Gasteiger partial charge on any atom is -1.00 e. The Morgan fingerprint density at radius 3 is 2.89 bits per heavy atom. The van der Waals surface area contributed by atoms with Crippen molar-refractivity contribution in [2.75, 3.05) is 0 Å². The number of hydrogen-bond acceptors (Lipinski definition) is 1. The Morgan fingerprint density at radius 1 is 1.39 bits per heavy atom. The van der Waals surface area contributed by atoms with Gasteiger partial charge in [-0.25, -0.2) is 9.13 Å². The van der Waals surface area contributed by atoms with Gasteiger partial charge in [-0.15, -0.1) is 0 Å². The first kappa shape index (κ1) is 14.5. The number of allylic oxidation sites excluding steroid dienone is 1. The van der Waals surface area contributed by atoms with Crippen LogP contribution in [-0.4, -0.2) is 4.57 Å². The highest BCUT2D eigenvalue weighted by atomic mass is 79.9. The second-order valence-electron chi connectivity index (χ2n) is 4.00. The molecule has 0 spiro atoms. The number of aryl methyl sites for hydroxylation is 1. The Balaban J connectivity index is 0.00000162. The van der Waals surface area contributed by atoms with Crippen LogP contribution < -0.4 is 21.5 Å². The van der Waals surface area contributed by atoms with E-state index in [0.717, 1.165) is 19.5 Å². The van der Waals surface area contributed by atoms with E-state index in [4.69, 9.17) is 5.26 Å². The number of unbranched alkanes of at least 4 members (excludes halogenated alkanes) is 1. The van der Waals surface area contributed by atoms with E-state index in [2.05, 4.69) is 40.2 Å². The van der Waals surface area contributed by atoms with Crippen LogP contribution in [-0.2, 0) is 13.1 Å². The number of para-hydroxylation sites is 2. The monoisotopic (exact) mass is 305 g/mol. The standard InChI is InChI=1S/C14H16N3.BrH/c1-2-10-16-12-17(11-6-5-9-15)14-8-4-3-7-13(14)16;/h2-4,7-8,12H,1,5-6,10-11H2;1H/q+1;/p-1. The van der Waals surface area contributed by atoms with Crippen LogP contribution in [0.4, 0.5) is 0 Å². The maximum atomic E-state index is 8.57. The highest BCUT2D eigenvalue weighted by Crippen LogP contribution is 2.10. The molecule has 4 heteroatoms. The van der Waals surface area contributed by atoms with Crippen LogP contribution in [0.1, 0.15) is 12.8 Å². The third kappa shape index (κ3) is 2.99.